The summed E-state index contributed by atoms with van der Waals surface area (Å²) in [6.45, 7) is 0.694. The Bertz CT molecular complexity index is 673. The summed E-state index contributed by atoms with van der Waals surface area (Å²) in [4.78, 5) is 10.9. The molecule has 1 aliphatic rings. The fourth-order valence-corrected chi connectivity index (χ4v) is 4.38. The van der Waals surface area contributed by atoms with Gasteiger partial charge in [-0.25, -0.2) is 8.42 Å². The van der Waals surface area contributed by atoms with Crippen LogP contribution in [0.1, 0.15) is 18.4 Å². The predicted octanol–water partition coefficient (Wildman–Crippen LogP) is 1.12. The molecule has 23 heavy (non-hydrogen) atoms. The minimum atomic E-state index is -3.77. The van der Waals surface area contributed by atoms with Gasteiger partial charge in [-0.2, -0.15) is 4.31 Å². The van der Waals surface area contributed by atoms with Gasteiger partial charge in [-0.05, 0) is 30.5 Å². The molecule has 1 unspecified atom stereocenters. The Labute approximate surface area is 135 Å². The van der Waals surface area contributed by atoms with Crippen molar-refractivity contribution < 1.29 is 27.8 Å². The molecule has 0 spiro atoms. The highest BCUT2D eigenvalue weighted by atomic mass is 32.2. The van der Waals surface area contributed by atoms with E-state index in [2.05, 4.69) is 0 Å². The zero-order valence-corrected chi connectivity index (χ0v) is 14.0. The minimum Gasteiger partial charge on any atom is -0.495 e. The summed E-state index contributed by atoms with van der Waals surface area (Å²) in [5, 5.41) is 8.89. The monoisotopic (exact) mass is 343 g/mol. The molecule has 1 aliphatic heterocycles. The van der Waals surface area contributed by atoms with Crippen LogP contribution in [0.15, 0.2) is 23.1 Å². The molecule has 1 heterocycles. The smallest absolute Gasteiger partial charge is 0.307 e. The molecule has 8 heteroatoms. The Balaban J connectivity index is 2.38. The van der Waals surface area contributed by atoms with Crippen LogP contribution in [-0.4, -0.2) is 57.2 Å². The van der Waals surface area contributed by atoms with E-state index < -0.39 is 16.0 Å². The normalized spacial score (nSPS) is 19.5. The van der Waals surface area contributed by atoms with E-state index in [1.165, 1.54) is 23.5 Å². The quantitative estimate of drug-likeness (QED) is 0.832. The van der Waals surface area contributed by atoms with Gasteiger partial charge in [0, 0.05) is 20.2 Å². The van der Waals surface area contributed by atoms with Crippen LogP contribution < -0.4 is 4.74 Å². The number of rotatable bonds is 6. The van der Waals surface area contributed by atoms with Gasteiger partial charge >= 0.3 is 5.97 Å². The molecule has 0 radical (unpaired) electrons. The third kappa shape index (κ3) is 4.01. The molecule has 2 rings (SSSR count). The highest BCUT2D eigenvalue weighted by Crippen LogP contribution is 2.30. The third-order valence-corrected chi connectivity index (χ3v) is 5.76. The van der Waals surface area contributed by atoms with E-state index in [1.807, 2.05) is 0 Å². The minimum absolute atomic E-state index is 0.00416. The summed E-state index contributed by atoms with van der Waals surface area (Å²) in [5.41, 5.74) is 0.414. The molecule has 0 aliphatic carbocycles. The van der Waals surface area contributed by atoms with Crippen molar-refractivity contribution in [2.45, 2.75) is 30.3 Å². The number of carbonyl (C=O) groups is 1. The molecule has 1 aromatic rings. The van der Waals surface area contributed by atoms with Crippen molar-refractivity contribution in [3.05, 3.63) is 23.8 Å². The van der Waals surface area contributed by atoms with Crippen LogP contribution in [0.25, 0.3) is 0 Å². The molecule has 1 saturated heterocycles. The Morgan fingerprint density at radius 1 is 1.39 bits per heavy atom. The van der Waals surface area contributed by atoms with Crippen molar-refractivity contribution in [2.75, 3.05) is 27.3 Å². The zero-order valence-electron chi connectivity index (χ0n) is 13.2. The van der Waals surface area contributed by atoms with Gasteiger partial charge < -0.3 is 14.6 Å². The maximum atomic E-state index is 12.9. The van der Waals surface area contributed by atoms with Gasteiger partial charge in [-0.15, -0.1) is 0 Å². The highest BCUT2D eigenvalue weighted by Gasteiger charge is 2.32. The van der Waals surface area contributed by atoms with Crippen LogP contribution in [-0.2, 0) is 26.0 Å². The number of ether oxygens (including phenoxy) is 2. The summed E-state index contributed by atoms with van der Waals surface area (Å²) in [6.07, 6.45) is 1.16. The second-order valence-electron chi connectivity index (χ2n) is 5.42. The van der Waals surface area contributed by atoms with Gasteiger partial charge in [0.05, 0.1) is 19.6 Å². The summed E-state index contributed by atoms with van der Waals surface area (Å²) < 4.78 is 37.6. The fourth-order valence-electron chi connectivity index (χ4n) is 2.66. The fraction of sp³-hybridized carbons (Fsp3) is 0.533. The lowest BCUT2D eigenvalue weighted by atomic mass is 10.1. The number of sulfonamides is 1. The van der Waals surface area contributed by atoms with E-state index in [0.29, 0.717) is 12.1 Å². The highest BCUT2D eigenvalue weighted by molar-refractivity contribution is 7.89. The van der Waals surface area contributed by atoms with Gasteiger partial charge in [0.25, 0.3) is 0 Å². The Morgan fingerprint density at radius 2 is 2.13 bits per heavy atom. The lowest BCUT2D eigenvalue weighted by Crippen LogP contribution is -2.42. The molecular weight excluding hydrogens is 322 g/mol. The van der Waals surface area contributed by atoms with Crippen molar-refractivity contribution in [3.8, 4) is 5.75 Å². The molecule has 0 saturated carbocycles. The van der Waals surface area contributed by atoms with Crippen molar-refractivity contribution in [2.24, 2.45) is 0 Å². The summed E-state index contributed by atoms with van der Waals surface area (Å²) in [6, 6.07) is 4.42. The maximum Gasteiger partial charge on any atom is 0.307 e. The molecule has 0 bridgehead atoms. The number of carboxylic acid groups (broad SMARTS) is 1. The number of carboxylic acids is 1. The average molecular weight is 343 g/mol. The van der Waals surface area contributed by atoms with E-state index in [9.17, 15) is 13.2 Å². The predicted molar refractivity (Wildman–Crippen MR) is 83.1 cm³/mol. The van der Waals surface area contributed by atoms with Gasteiger partial charge in [-0.1, -0.05) is 6.07 Å². The molecule has 0 amide bonds. The number of nitrogens with zero attached hydrogens (tertiary/aromatic N) is 1. The first-order valence-corrected chi connectivity index (χ1v) is 8.74. The molecule has 128 valence electrons. The number of piperidine rings is 1. The molecule has 1 aromatic carbocycles. The second kappa shape index (κ2) is 7.29. The molecular formula is C15H21NO6S. The van der Waals surface area contributed by atoms with E-state index in [4.69, 9.17) is 14.6 Å². The maximum absolute atomic E-state index is 12.9. The average Bonchev–Trinajstić information content (AvgIpc) is 2.54. The molecule has 1 atom stereocenters. The summed E-state index contributed by atoms with van der Waals surface area (Å²) in [5.74, 6) is -0.811. The lowest BCUT2D eigenvalue weighted by molar-refractivity contribution is -0.136. The Hall–Kier alpha value is -1.64. The lowest BCUT2D eigenvalue weighted by Gasteiger charge is -2.31. The van der Waals surface area contributed by atoms with Crippen LogP contribution in [0.4, 0.5) is 0 Å². The standard InChI is InChI=1S/C15H21NO6S/c1-21-12-4-3-7-16(10-12)23(19,20)14-8-11(9-15(17)18)5-6-13(14)22-2/h5-6,8,12H,3-4,7,9-10H2,1-2H3,(H,17,18). The largest absolute Gasteiger partial charge is 0.495 e. The van der Waals surface area contributed by atoms with Crippen molar-refractivity contribution in [1.82, 2.24) is 4.31 Å². The van der Waals surface area contributed by atoms with Crippen molar-refractivity contribution in [1.29, 1.82) is 0 Å². The first kappa shape index (κ1) is 17.7. The molecule has 7 nitrogen and oxygen atoms in total. The topological polar surface area (TPSA) is 93.1 Å². The van der Waals surface area contributed by atoms with Gasteiger partial charge in [0.2, 0.25) is 10.0 Å². The van der Waals surface area contributed by atoms with Crippen LogP contribution in [0, 0.1) is 0 Å². The Morgan fingerprint density at radius 3 is 2.74 bits per heavy atom. The third-order valence-electron chi connectivity index (χ3n) is 3.88. The molecule has 1 N–H and O–H groups in total. The SMILES string of the molecule is COc1ccc(CC(=O)O)cc1S(=O)(=O)N1CCCC(OC)C1. The van der Waals surface area contributed by atoms with E-state index in [1.54, 1.807) is 13.2 Å². The van der Waals surface area contributed by atoms with Crippen LogP contribution in [0.3, 0.4) is 0 Å². The zero-order chi connectivity index (χ0) is 17.0. The number of hydrogen-bond donors (Lipinski definition) is 1. The van der Waals surface area contributed by atoms with E-state index >= 15 is 0 Å². The van der Waals surface area contributed by atoms with Gasteiger partial charge in [-0.3, -0.25) is 4.79 Å². The van der Waals surface area contributed by atoms with Crippen LogP contribution in [0.2, 0.25) is 0 Å². The first-order valence-electron chi connectivity index (χ1n) is 7.30. The second-order valence-corrected chi connectivity index (χ2v) is 7.33. The molecule has 0 aromatic heterocycles. The van der Waals surface area contributed by atoms with E-state index in [0.717, 1.165) is 12.8 Å². The summed E-state index contributed by atoms with van der Waals surface area (Å²) in [7, 11) is -0.818. The Kier molecular flexibility index (Phi) is 5.61. The van der Waals surface area contributed by atoms with Crippen molar-refractivity contribution in [3.63, 3.8) is 0 Å². The number of methoxy groups -OCH3 is 2. The molecule has 1 fully saturated rings. The van der Waals surface area contributed by atoms with Gasteiger partial charge in [0.15, 0.2) is 0 Å². The summed E-state index contributed by atoms with van der Waals surface area (Å²) >= 11 is 0. The number of hydrogen-bond acceptors (Lipinski definition) is 5. The number of benzene rings is 1. The van der Waals surface area contributed by atoms with Crippen LogP contribution in [0.5, 0.6) is 5.75 Å². The first-order chi connectivity index (χ1) is 10.9. The van der Waals surface area contributed by atoms with Crippen molar-refractivity contribution >= 4 is 16.0 Å². The van der Waals surface area contributed by atoms with E-state index in [-0.39, 0.29) is 29.7 Å². The van der Waals surface area contributed by atoms with Gasteiger partial charge in [0.1, 0.15) is 10.6 Å². The van der Waals surface area contributed by atoms with Crippen LogP contribution >= 0.6 is 0 Å². The number of aliphatic carboxylic acids is 1.